The van der Waals surface area contributed by atoms with Gasteiger partial charge in [-0.05, 0) is 40.2 Å². The first-order chi connectivity index (χ1) is 9.67. The maximum Gasteiger partial charge on any atom is 0.211 e. The van der Waals surface area contributed by atoms with Crippen molar-refractivity contribution in [3.8, 4) is 11.4 Å². The number of carbonyl (C=O) groups is 1. The molecule has 3 rings (SSSR count). The minimum atomic E-state index is 0.541. The van der Waals surface area contributed by atoms with E-state index in [0.29, 0.717) is 34.2 Å². The van der Waals surface area contributed by atoms with Crippen molar-refractivity contribution < 1.29 is 4.79 Å². The number of nitrogens with one attached hydrogen (secondary N) is 2. The Bertz CT molecular complexity index is 802. The standard InChI is InChI=1S/C13H8BrClN4O/c14-7-3-11-13(16-5-7)19-12(18-11)9-4-8(17-6-20)1-2-10(9)15/h1-6H,(H,17,20)(H,16,18,19). The average Bonchev–Trinajstić information content (AvgIpc) is 2.84. The number of benzene rings is 1. The lowest BCUT2D eigenvalue weighted by Gasteiger charge is -2.04. The van der Waals surface area contributed by atoms with Gasteiger partial charge in [0.1, 0.15) is 5.82 Å². The van der Waals surface area contributed by atoms with E-state index in [0.717, 1.165) is 9.99 Å². The number of pyridine rings is 1. The fourth-order valence-electron chi connectivity index (χ4n) is 1.87. The van der Waals surface area contributed by atoms with Gasteiger partial charge in [-0.25, -0.2) is 9.97 Å². The van der Waals surface area contributed by atoms with Gasteiger partial charge in [0.15, 0.2) is 5.65 Å². The Kier molecular flexibility index (Phi) is 3.42. The van der Waals surface area contributed by atoms with Crippen LogP contribution in [0.4, 0.5) is 5.69 Å². The number of imidazole rings is 1. The van der Waals surface area contributed by atoms with Crippen LogP contribution in [0.1, 0.15) is 0 Å². The number of hydrogen-bond acceptors (Lipinski definition) is 3. The van der Waals surface area contributed by atoms with Crippen molar-refractivity contribution in [1.82, 2.24) is 15.0 Å². The number of amides is 1. The summed E-state index contributed by atoms with van der Waals surface area (Å²) in [5.41, 5.74) is 2.76. The highest BCUT2D eigenvalue weighted by Gasteiger charge is 2.11. The van der Waals surface area contributed by atoms with Gasteiger partial charge < -0.3 is 10.3 Å². The Hall–Kier alpha value is -1.92. The third-order valence-electron chi connectivity index (χ3n) is 2.75. The quantitative estimate of drug-likeness (QED) is 0.708. The lowest BCUT2D eigenvalue weighted by atomic mass is 10.2. The van der Waals surface area contributed by atoms with Gasteiger partial charge in [-0.1, -0.05) is 11.6 Å². The van der Waals surface area contributed by atoms with Gasteiger partial charge in [-0.2, -0.15) is 0 Å². The zero-order valence-corrected chi connectivity index (χ0v) is 12.4. The summed E-state index contributed by atoms with van der Waals surface area (Å²) in [6.07, 6.45) is 2.29. The molecule has 0 aliphatic rings. The predicted octanol–water partition coefficient (Wildman–Crippen LogP) is 3.61. The number of hydrogen-bond donors (Lipinski definition) is 2. The molecule has 100 valence electrons. The number of fused-ring (bicyclic) bond motifs is 1. The number of rotatable bonds is 3. The number of aromatic nitrogens is 3. The summed E-state index contributed by atoms with van der Waals surface area (Å²) in [6.45, 7) is 0. The molecule has 20 heavy (non-hydrogen) atoms. The average molecular weight is 352 g/mol. The topological polar surface area (TPSA) is 70.7 Å². The monoisotopic (exact) mass is 350 g/mol. The fraction of sp³-hybridized carbons (Fsp3) is 0. The van der Waals surface area contributed by atoms with E-state index in [-0.39, 0.29) is 0 Å². The third-order valence-corrected chi connectivity index (χ3v) is 3.51. The van der Waals surface area contributed by atoms with Crippen molar-refractivity contribution in [2.24, 2.45) is 0 Å². The van der Waals surface area contributed by atoms with Crippen LogP contribution in [0.15, 0.2) is 34.9 Å². The van der Waals surface area contributed by atoms with Crippen molar-refractivity contribution in [3.63, 3.8) is 0 Å². The molecule has 0 aliphatic heterocycles. The Morgan fingerprint density at radius 2 is 2.20 bits per heavy atom. The van der Waals surface area contributed by atoms with Gasteiger partial charge >= 0.3 is 0 Å². The van der Waals surface area contributed by atoms with Gasteiger partial charge in [-0.15, -0.1) is 0 Å². The first kappa shape index (κ1) is 13.1. The number of aromatic amines is 1. The van der Waals surface area contributed by atoms with Crippen LogP contribution in [-0.2, 0) is 4.79 Å². The van der Waals surface area contributed by atoms with Crippen LogP contribution in [0, 0.1) is 0 Å². The molecule has 2 heterocycles. The van der Waals surface area contributed by atoms with Crippen LogP contribution < -0.4 is 5.32 Å². The van der Waals surface area contributed by atoms with Crippen LogP contribution in [-0.4, -0.2) is 21.4 Å². The minimum absolute atomic E-state index is 0.541. The van der Waals surface area contributed by atoms with E-state index in [1.165, 1.54) is 0 Å². The molecule has 0 unspecified atom stereocenters. The molecule has 0 spiro atoms. The smallest absolute Gasteiger partial charge is 0.211 e. The lowest BCUT2D eigenvalue weighted by Crippen LogP contribution is -1.94. The summed E-state index contributed by atoms with van der Waals surface area (Å²) in [5.74, 6) is 0.602. The SMILES string of the molecule is O=CNc1ccc(Cl)c(-c2nc3ncc(Br)cc3[nH]2)c1. The molecular weight excluding hydrogens is 344 g/mol. The first-order valence-corrected chi connectivity index (χ1v) is 6.86. The third kappa shape index (κ3) is 2.39. The predicted molar refractivity (Wildman–Crippen MR) is 81.7 cm³/mol. The fourth-order valence-corrected chi connectivity index (χ4v) is 2.41. The molecule has 0 fully saturated rings. The molecule has 0 saturated carbocycles. The highest BCUT2D eigenvalue weighted by molar-refractivity contribution is 9.10. The number of halogens is 2. The molecule has 1 aromatic carbocycles. The molecule has 2 N–H and O–H groups in total. The Labute approximate surface area is 127 Å². The normalized spacial score (nSPS) is 10.7. The molecule has 0 bridgehead atoms. The molecule has 3 aromatic rings. The van der Waals surface area contributed by atoms with Crippen LogP contribution >= 0.6 is 27.5 Å². The molecule has 1 amide bonds. The molecule has 0 radical (unpaired) electrons. The van der Waals surface area contributed by atoms with Crippen molar-refractivity contribution in [2.75, 3.05) is 5.32 Å². The van der Waals surface area contributed by atoms with E-state index >= 15 is 0 Å². The van der Waals surface area contributed by atoms with E-state index in [2.05, 4.69) is 36.2 Å². The zero-order chi connectivity index (χ0) is 14.1. The maximum absolute atomic E-state index is 10.5. The number of carbonyl (C=O) groups excluding carboxylic acids is 1. The molecular formula is C13H8BrClN4O. The van der Waals surface area contributed by atoms with Crippen LogP contribution in [0.5, 0.6) is 0 Å². The van der Waals surface area contributed by atoms with Crippen molar-refractivity contribution in [3.05, 3.63) is 40.0 Å². The molecule has 0 saturated heterocycles. The van der Waals surface area contributed by atoms with Crippen LogP contribution in [0.25, 0.3) is 22.6 Å². The second-order valence-electron chi connectivity index (χ2n) is 4.07. The van der Waals surface area contributed by atoms with Gasteiger partial charge in [0.2, 0.25) is 6.41 Å². The first-order valence-electron chi connectivity index (χ1n) is 5.69. The van der Waals surface area contributed by atoms with Gasteiger partial charge in [0.25, 0.3) is 0 Å². The minimum Gasteiger partial charge on any atom is -0.336 e. The summed E-state index contributed by atoms with van der Waals surface area (Å²) in [7, 11) is 0. The molecule has 5 nitrogen and oxygen atoms in total. The van der Waals surface area contributed by atoms with Crippen molar-refractivity contribution >= 4 is 50.8 Å². The molecule has 7 heteroatoms. The van der Waals surface area contributed by atoms with E-state index in [1.807, 2.05) is 6.07 Å². The summed E-state index contributed by atoms with van der Waals surface area (Å²) in [5, 5.41) is 3.13. The summed E-state index contributed by atoms with van der Waals surface area (Å²) in [4.78, 5) is 22.3. The van der Waals surface area contributed by atoms with Gasteiger partial charge in [-0.3, -0.25) is 4.79 Å². The second kappa shape index (κ2) is 5.22. The molecule has 2 aromatic heterocycles. The van der Waals surface area contributed by atoms with E-state index in [1.54, 1.807) is 24.4 Å². The van der Waals surface area contributed by atoms with Crippen LogP contribution in [0.2, 0.25) is 5.02 Å². The maximum atomic E-state index is 10.5. The Morgan fingerprint density at radius 1 is 1.35 bits per heavy atom. The Balaban J connectivity index is 2.14. The van der Waals surface area contributed by atoms with Gasteiger partial charge in [0, 0.05) is 21.9 Å². The van der Waals surface area contributed by atoms with Crippen LogP contribution in [0.3, 0.4) is 0 Å². The number of nitrogens with zero attached hydrogens (tertiary/aromatic N) is 2. The summed E-state index contributed by atoms with van der Waals surface area (Å²) < 4.78 is 0.864. The van der Waals surface area contributed by atoms with E-state index in [9.17, 15) is 4.79 Å². The highest BCUT2D eigenvalue weighted by atomic mass is 79.9. The lowest BCUT2D eigenvalue weighted by molar-refractivity contribution is -0.105. The van der Waals surface area contributed by atoms with E-state index < -0.39 is 0 Å². The van der Waals surface area contributed by atoms with Gasteiger partial charge in [0.05, 0.1) is 10.5 Å². The number of anilines is 1. The largest absolute Gasteiger partial charge is 0.336 e. The number of H-pyrrole nitrogens is 1. The molecule has 0 aliphatic carbocycles. The second-order valence-corrected chi connectivity index (χ2v) is 5.39. The van der Waals surface area contributed by atoms with Crippen molar-refractivity contribution in [2.45, 2.75) is 0 Å². The summed E-state index contributed by atoms with van der Waals surface area (Å²) >= 11 is 9.54. The molecule has 0 atom stereocenters. The zero-order valence-electron chi connectivity index (χ0n) is 10.0. The van der Waals surface area contributed by atoms with Crippen molar-refractivity contribution in [1.29, 1.82) is 0 Å². The Morgan fingerprint density at radius 3 is 3.00 bits per heavy atom. The summed E-state index contributed by atoms with van der Waals surface area (Å²) in [6, 6.07) is 7.07. The highest BCUT2D eigenvalue weighted by Crippen LogP contribution is 2.30. The van der Waals surface area contributed by atoms with E-state index in [4.69, 9.17) is 11.6 Å².